The van der Waals surface area contributed by atoms with Gasteiger partial charge < -0.3 is 11.1 Å². The van der Waals surface area contributed by atoms with Gasteiger partial charge in [0.1, 0.15) is 5.69 Å². The molecule has 0 aliphatic rings. The van der Waals surface area contributed by atoms with Gasteiger partial charge in [-0.05, 0) is 12.8 Å². The van der Waals surface area contributed by atoms with Crippen LogP contribution in [0.15, 0.2) is 5.38 Å². The number of carbonyl (C=O) groups excluding carboxylic acids is 1. The van der Waals surface area contributed by atoms with Gasteiger partial charge in [0.25, 0.3) is 5.91 Å². The lowest BCUT2D eigenvalue weighted by Gasteiger charge is -2.08. The molecule has 1 atom stereocenters. The van der Waals surface area contributed by atoms with Crippen molar-refractivity contribution in [3.8, 4) is 0 Å². The van der Waals surface area contributed by atoms with Crippen molar-refractivity contribution in [3.63, 3.8) is 0 Å². The highest BCUT2D eigenvalue weighted by molar-refractivity contribution is 7.99. The van der Waals surface area contributed by atoms with Crippen molar-refractivity contribution in [2.45, 2.75) is 18.6 Å². The van der Waals surface area contributed by atoms with Gasteiger partial charge in [0, 0.05) is 23.6 Å². The Morgan fingerprint density at radius 2 is 2.50 bits per heavy atom. The van der Waals surface area contributed by atoms with E-state index in [4.69, 9.17) is 5.73 Å². The van der Waals surface area contributed by atoms with E-state index in [9.17, 15) is 4.79 Å². The quantitative estimate of drug-likeness (QED) is 0.803. The lowest BCUT2D eigenvalue weighted by Crippen LogP contribution is -2.29. The van der Waals surface area contributed by atoms with Crippen LogP contribution in [0.3, 0.4) is 0 Å². The van der Waals surface area contributed by atoms with Crippen molar-refractivity contribution in [2.24, 2.45) is 5.73 Å². The van der Waals surface area contributed by atoms with Gasteiger partial charge in [0.15, 0.2) is 0 Å². The third-order valence-corrected chi connectivity index (χ3v) is 3.98. The maximum atomic E-state index is 11.7. The van der Waals surface area contributed by atoms with Crippen LogP contribution in [0.1, 0.15) is 22.4 Å². The van der Waals surface area contributed by atoms with Gasteiger partial charge in [0.2, 0.25) is 0 Å². The maximum absolute atomic E-state index is 11.7. The fraction of sp³-hybridized carbons (Fsp3) is 0.600. The molecule has 0 aliphatic carbocycles. The standard InChI is InChI=1S/C10H17N3OS2/c1-7(15-2)5-12-10(14)8-6-16-9(13-8)3-4-11/h6-7H,3-5,11H2,1-2H3,(H,12,14). The molecule has 0 spiro atoms. The average molecular weight is 259 g/mol. The molecule has 90 valence electrons. The molecule has 4 nitrogen and oxygen atoms in total. The summed E-state index contributed by atoms with van der Waals surface area (Å²) in [5.41, 5.74) is 5.93. The summed E-state index contributed by atoms with van der Waals surface area (Å²) >= 11 is 3.21. The molecule has 16 heavy (non-hydrogen) atoms. The predicted molar refractivity (Wildman–Crippen MR) is 70.2 cm³/mol. The molecule has 6 heteroatoms. The Morgan fingerprint density at radius 3 is 3.12 bits per heavy atom. The zero-order chi connectivity index (χ0) is 12.0. The van der Waals surface area contributed by atoms with Gasteiger partial charge in [-0.15, -0.1) is 11.3 Å². The van der Waals surface area contributed by atoms with Crippen LogP contribution >= 0.6 is 23.1 Å². The van der Waals surface area contributed by atoms with Crippen molar-refractivity contribution in [1.82, 2.24) is 10.3 Å². The second-order valence-electron chi connectivity index (χ2n) is 3.42. The first-order chi connectivity index (χ1) is 7.67. The number of nitrogens with one attached hydrogen (secondary N) is 1. The molecule has 1 rings (SSSR count). The second kappa shape index (κ2) is 6.88. The molecule has 0 bridgehead atoms. The average Bonchev–Trinajstić information content (AvgIpc) is 2.74. The summed E-state index contributed by atoms with van der Waals surface area (Å²) in [5.74, 6) is -0.0968. The molecule has 0 aromatic carbocycles. The van der Waals surface area contributed by atoms with Crippen LogP contribution in [0.5, 0.6) is 0 Å². The number of amides is 1. The number of nitrogens with two attached hydrogens (primary N) is 1. The predicted octanol–water partition coefficient (Wildman–Crippen LogP) is 1.13. The minimum Gasteiger partial charge on any atom is -0.350 e. The van der Waals surface area contributed by atoms with Crippen LogP contribution in [0.4, 0.5) is 0 Å². The Balaban J connectivity index is 2.46. The highest BCUT2D eigenvalue weighted by atomic mass is 32.2. The van der Waals surface area contributed by atoms with Crippen LogP contribution in [0.2, 0.25) is 0 Å². The minimum atomic E-state index is -0.0968. The maximum Gasteiger partial charge on any atom is 0.270 e. The first-order valence-electron chi connectivity index (χ1n) is 5.12. The highest BCUT2D eigenvalue weighted by Gasteiger charge is 2.10. The fourth-order valence-electron chi connectivity index (χ4n) is 1.06. The van der Waals surface area contributed by atoms with Crippen LogP contribution in [-0.2, 0) is 6.42 Å². The summed E-state index contributed by atoms with van der Waals surface area (Å²) in [6.07, 6.45) is 2.76. The second-order valence-corrected chi connectivity index (χ2v) is 5.64. The summed E-state index contributed by atoms with van der Waals surface area (Å²) in [7, 11) is 0. The Hall–Kier alpha value is -0.590. The molecule has 3 N–H and O–H groups in total. The van der Waals surface area contributed by atoms with Crippen molar-refractivity contribution >= 4 is 29.0 Å². The van der Waals surface area contributed by atoms with E-state index in [1.54, 1.807) is 17.1 Å². The molecule has 0 saturated carbocycles. The third-order valence-electron chi connectivity index (χ3n) is 2.10. The van der Waals surface area contributed by atoms with Gasteiger partial charge in [-0.1, -0.05) is 6.92 Å². The van der Waals surface area contributed by atoms with Gasteiger partial charge in [0.05, 0.1) is 5.01 Å². The molecular weight excluding hydrogens is 242 g/mol. The fourth-order valence-corrected chi connectivity index (χ4v) is 2.11. The van der Waals surface area contributed by atoms with E-state index in [-0.39, 0.29) is 5.91 Å². The van der Waals surface area contributed by atoms with Crippen molar-refractivity contribution < 1.29 is 4.79 Å². The molecule has 0 fully saturated rings. The lowest BCUT2D eigenvalue weighted by molar-refractivity contribution is 0.0949. The number of hydrogen-bond acceptors (Lipinski definition) is 5. The third kappa shape index (κ3) is 4.11. The largest absolute Gasteiger partial charge is 0.350 e. The number of thioether (sulfide) groups is 1. The van der Waals surface area contributed by atoms with E-state index in [1.807, 2.05) is 6.26 Å². The van der Waals surface area contributed by atoms with E-state index in [0.717, 1.165) is 11.4 Å². The SMILES string of the molecule is CSC(C)CNC(=O)c1csc(CCN)n1. The van der Waals surface area contributed by atoms with Crippen LogP contribution in [0.25, 0.3) is 0 Å². The topological polar surface area (TPSA) is 68.0 Å². The van der Waals surface area contributed by atoms with Crippen LogP contribution < -0.4 is 11.1 Å². The molecule has 1 aromatic rings. The number of aromatic nitrogens is 1. The van der Waals surface area contributed by atoms with Gasteiger partial charge in [-0.3, -0.25) is 4.79 Å². The molecule has 1 amide bonds. The highest BCUT2D eigenvalue weighted by Crippen LogP contribution is 2.10. The number of thiazole rings is 1. The van der Waals surface area contributed by atoms with Crippen LogP contribution in [-0.4, -0.2) is 35.5 Å². The molecule has 0 aliphatic heterocycles. The van der Waals surface area contributed by atoms with Crippen molar-refractivity contribution in [2.75, 3.05) is 19.3 Å². The van der Waals surface area contributed by atoms with E-state index >= 15 is 0 Å². The van der Waals surface area contributed by atoms with Crippen LogP contribution in [0, 0.1) is 0 Å². The molecule has 0 radical (unpaired) electrons. The number of nitrogens with zero attached hydrogens (tertiary/aromatic N) is 1. The minimum absolute atomic E-state index is 0.0968. The smallest absolute Gasteiger partial charge is 0.270 e. The summed E-state index contributed by atoms with van der Waals surface area (Å²) in [5, 5.41) is 5.98. The Kier molecular flexibility index (Phi) is 5.79. The Bertz CT molecular complexity index is 341. The number of carbonyl (C=O) groups is 1. The normalized spacial score (nSPS) is 12.4. The number of rotatable bonds is 6. The van der Waals surface area contributed by atoms with E-state index in [1.165, 1.54) is 11.3 Å². The Morgan fingerprint density at radius 1 is 1.75 bits per heavy atom. The van der Waals surface area contributed by atoms with Gasteiger partial charge >= 0.3 is 0 Å². The summed E-state index contributed by atoms with van der Waals surface area (Å²) in [6, 6.07) is 0. The lowest BCUT2D eigenvalue weighted by atomic mass is 10.4. The van der Waals surface area contributed by atoms with Gasteiger partial charge in [-0.2, -0.15) is 11.8 Å². The summed E-state index contributed by atoms with van der Waals surface area (Å²) < 4.78 is 0. The molecular formula is C10H17N3OS2. The first kappa shape index (κ1) is 13.5. The molecule has 0 saturated heterocycles. The summed E-state index contributed by atoms with van der Waals surface area (Å²) in [6.45, 7) is 3.31. The summed E-state index contributed by atoms with van der Waals surface area (Å²) in [4.78, 5) is 15.9. The molecule has 1 unspecified atom stereocenters. The first-order valence-corrected chi connectivity index (χ1v) is 7.29. The van der Waals surface area contributed by atoms with E-state index in [2.05, 4.69) is 17.2 Å². The monoisotopic (exact) mass is 259 g/mol. The number of hydrogen-bond donors (Lipinski definition) is 2. The van der Waals surface area contributed by atoms with Crippen molar-refractivity contribution in [1.29, 1.82) is 0 Å². The zero-order valence-electron chi connectivity index (χ0n) is 9.53. The van der Waals surface area contributed by atoms with Crippen molar-refractivity contribution in [3.05, 3.63) is 16.1 Å². The van der Waals surface area contributed by atoms with E-state index in [0.29, 0.717) is 24.0 Å². The van der Waals surface area contributed by atoms with Gasteiger partial charge in [-0.25, -0.2) is 4.98 Å². The molecule has 1 aromatic heterocycles. The Labute approximate surface area is 104 Å². The molecule has 1 heterocycles. The zero-order valence-corrected chi connectivity index (χ0v) is 11.2. The van der Waals surface area contributed by atoms with E-state index < -0.39 is 0 Å².